The van der Waals surface area contributed by atoms with E-state index in [1.54, 1.807) is 0 Å². The number of benzene rings is 2. The highest BCUT2D eigenvalue weighted by Gasteiger charge is 2.21. The van der Waals surface area contributed by atoms with Gasteiger partial charge >= 0.3 is 0 Å². The van der Waals surface area contributed by atoms with Gasteiger partial charge in [-0.2, -0.15) is 5.26 Å². The lowest BCUT2D eigenvalue weighted by Gasteiger charge is -2.25. The number of carbonyl (C=O) groups is 1. The molecule has 4 heteroatoms. The van der Waals surface area contributed by atoms with Crippen molar-refractivity contribution in [3.05, 3.63) is 63.7 Å². The van der Waals surface area contributed by atoms with Gasteiger partial charge in [0.15, 0.2) is 6.29 Å². The second-order valence-electron chi connectivity index (χ2n) is 7.78. The van der Waals surface area contributed by atoms with E-state index in [1.807, 2.05) is 37.3 Å². The Bertz CT molecular complexity index is 875. The third kappa shape index (κ3) is 4.43. The molecule has 0 spiro atoms. The van der Waals surface area contributed by atoms with Crippen molar-refractivity contribution in [2.75, 3.05) is 13.8 Å². The third-order valence-electron chi connectivity index (χ3n) is 5.94. The molecule has 2 aromatic carbocycles. The van der Waals surface area contributed by atoms with Crippen molar-refractivity contribution >= 4 is 6.29 Å². The number of nitrogens with zero attached hydrogens (tertiary/aromatic N) is 2. The molecule has 28 heavy (non-hydrogen) atoms. The van der Waals surface area contributed by atoms with Crippen LogP contribution in [0.1, 0.15) is 63.9 Å². The monoisotopic (exact) mass is 376 g/mol. The predicted octanol–water partition coefficient (Wildman–Crippen LogP) is 4.79. The Morgan fingerprint density at radius 2 is 1.86 bits per heavy atom. The average Bonchev–Trinajstić information content (AvgIpc) is 3.26. The van der Waals surface area contributed by atoms with Gasteiger partial charge < -0.3 is 4.74 Å². The Morgan fingerprint density at radius 3 is 2.46 bits per heavy atom. The van der Waals surface area contributed by atoms with Gasteiger partial charge in [0.1, 0.15) is 12.5 Å². The fourth-order valence-corrected chi connectivity index (χ4v) is 3.99. The minimum absolute atomic E-state index is 0.501. The van der Waals surface area contributed by atoms with Crippen molar-refractivity contribution in [1.82, 2.24) is 4.90 Å². The summed E-state index contributed by atoms with van der Waals surface area (Å²) in [6, 6.07) is 12.3. The number of aldehydes is 1. The molecule has 4 nitrogen and oxygen atoms in total. The number of hydrogen-bond donors (Lipinski definition) is 0. The molecule has 1 aliphatic rings. The second-order valence-corrected chi connectivity index (χ2v) is 7.78. The highest BCUT2D eigenvalue weighted by molar-refractivity contribution is 5.81. The van der Waals surface area contributed by atoms with E-state index in [0.717, 1.165) is 35.0 Å². The second kappa shape index (κ2) is 9.03. The van der Waals surface area contributed by atoms with Gasteiger partial charge in [-0.1, -0.05) is 25.0 Å². The summed E-state index contributed by atoms with van der Waals surface area (Å²) >= 11 is 0. The van der Waals surface area contributed by atoms with Crippen LogP contribution in [0.4, 0.5) is 0 Å². The van der Waals surface area contributed by atoms with Gasteiger partial charge in [0.05, 0.1) is 17.2 Å². The Hall–Kier alpha value is -2.64. The molecular formula is C24H28N2O2. The van der Waals surface area contributed by atoms with E-state index in [1.165, 1.54) is 25.7 Å². The van der Waals surface area contributed by atoms with Crippen molar-refractivity contribution in [3.8, 4) is 11.8 Å². The predicted molar refractivity (Wildman–Crippen MR) is 111 cm³/mol. The largest absolute Gasteiger partial charge is 0.477 e. The first-order valence-corrected chi connectivity index (χ1v) is 9.93. The zero-order chi connectivity index (χ0) is 20.1. The molecule has 1 saturated carbocycles. The van der Waals surface area contributed by atoms with Crippen LogP contribution in [0, 0.1) is 25.2 Å². The maximum absolute atomic E-state index is 11.8. The lowest BCUT2D eigenvalue weighted by Crippen LogP contribution is -2.33. The van der Waals surface area contributed by atoms with Crippen LogP contribution in [0.3, 0.4) is 0 Å². The van der Waals surface area contributed by atoms with Crippen LogP contribution in [-0.2, 0) is 6.42 Å². The normalized spacial score (nSPS) is 14.2. The zero-order valence-corrected chi connectivity index (χ0v) is 17.0. The van der Waals surface area contributed by atoms with Crippen molar-refractivity contribution in [1.29, 1.82) is 5.26 Å². The van der Waals surface area contributed by atoms with E-state index < -0.39 is 0 Å². The summed E-state index contributed by atoms with van der Waals surface area (Å²) in [7, 11) is 2.10. The molecule has 0 atom stereocenters. The van der Waals surface area contributed by atoms with E-state index in [4.69, 9.17) is 10.00 Å². The van der Waals surface area contributed by atoms with Gasteiger partial charge in [0.2, 0.25) is 0 Å². The van der Waals surface area contributed by atoms with Crippen LogP contribution in [0.2, 0.25) is 0 Å². The molecular weight excluding hydrogens is 348 g/mol. The van der Waals surface area contributed by atoms with Gasteiger partial charge in [-0.05, 0) is 80.6 Å². The third-order valence-corrected chi connectivity index (χ3v) is 5.94. The number of rotatable bonds is 7. The Balaban J connectivity index is 1.79. The molecule has 0 bridgehead atoms. The molecule has 0 aliphatic heterocycles. The van der Waals surface area contributed by atoms with Crippen LogP contribution >= 0.6 is 0 Å². The Morgan fingerprint density at radius 1 is 1.18 bits per heavy atom. The number of carbonyl (C=O) groups excluding carboxylic acids is 1. The van der Waals surface area contributed by atoms with Crippen LogP contribution in [0.25, 0.3) is 0 Å². The summed E-state index contributed by atoms with van der Waals surface area (Å²) in [6.07, 6.45) is 6.64. The topological polar surface area (TPSA) is 53.3 Å². The number of nitriles is 1. The van der Waals surface area contributed by atoms with Gasteiger partial charge in [-0.25, -0.2) is 0 Å². The van der Waals surface area contributed by atoms with Gasteiger partial charge in [0, 0.05) is 6.04 Å². The maximum atomic E-state index is 11.8. The molecule has 0 saturated heterocycles. The quantitative estimate of drug-likeness (QED) is 0.515. The molecule has 1 aliphatic carbocycles. The number of hydrogen-bond acceptors (Lipinski definition) is 4. The van der Waals surface area contributed by atoms with Gasteiger partial charge in [0.25, 0.3) is 0 Å². The Labute approximate surface area is 167 Å². The SMILES string of the molecule is Cc1c(Cc2ccc(C#N)cc2)cc(C=O)c(OCN(C)C2CCCC2)c1C. The van der Waals surface area contributed by atoms with Crippen molar-refractivity contribution in [2.45, 2.75) is 52.0 Å². The first-order valence-electron chi connectivity index (χ1n) is 9.93. The summed E-state index contributed by atoms with van der Waals surface area (Å²) in [5, 5.41) is 8.95. The molecule has 0 radical (unpaired) electrons. The lowest BCUT2D eigenvalue weighted by atomic mass is 9.93. The maximum Gasteiger partial charge on any atom is 0.153 e. The fraction of sp³-hybridized carbons (Fsp3) is 0.417. The molecule has 146 valence electrons. The molecule has 0 heterocycles. The van der Waals surface area contributed by atoms with E-state index in [-0.39, 0.29) is 0 Å². The zero-order valence-electron chi connectivity index (χ0n) is 17.0. The van der Waals surface area contributed by atoms with E-state index in [0.29, 0.717) is 29.6 Å². The summed E-state index contributed by atoms with van der Waals surface area (Å²) in [5.41, 5.74) is 5.65. The lowest BCUT2D eigenvalue weighted by molar-refractivity contribution is 0.106. The van der Waals surface area contributed by atoms with Crippen molar-refractivity contribution in [3.63, 3.8) is 0 Å². The highest BCUT2D eigenvalue weighted by atomic mass is 16.5. The van der Waals surface area contributed by atoms with E-state index >= 15 is 0 Å². The number of ether oxygens (including phenoxy) is 1. The molecule has 1 fully saturated rings. The first-order chi connectivity index (χ1) is 13.5. The van der Waals surface area contributed by atoms with Gasteiger partial charge in [-0.15, -0.1) is 0 Å². The molecule has 0 amide bonds. The highest BCUT2D eigenvalue weighted by Crippen LogP contribution is 2.30. The summed E-state index contributed by atoms with van der Waals surface area (Å²) in [4.78, 5) is 14.0. The molecule has 2 aromatic rings. The Kier molecular flexibility index (Phi) is 6.49. The minimum Gasteiger partial charge on any atom is -0.477 e. The minimum atomic E-state index is 0.501. The smallest absolute Gasteiger partial charge is 0.153 e. The molecule has 3 rings (SSSR count). The molecule has 0 unspecified atom stereocenters. The summed E-state index contributed by atoms with van der Waals surface area (Å²) < 4.78 is 6.11. The van der Waals surface area contributed by atoms with Crippen molar-refractivity contribution < 1.29 is 9.53 Å². The van der Waals surface area contributed by atoms with Crippen LogP contribution in [0.15, 0.2) is 30.3 Å². The molecule has 0 N–H and O–H groups in total. The molecule has 0 aromatic heterocycles. The fourth-order valence-electron chi connectivity index (χ4n) is 3.99. The van der Waals surface area contributed by atoms with E-state index in [2.05, 4.69) is 24.9 Å². The first kappa shape index (κ1) is 20.1. The van der Waals surface area contributed by atoms with Gasteiger partial charge in [-0.3, -0.25) is 9.69 Å². The summed E-state index contributed by atoms with van der Waals surface area (Å²) in [5.74, 6) is 0.695. The van der Waals surface area contributed by atoms with Crippen LogP contribution in [0.5, 0.6) is 5.75 Å². The van der Waals surface area contributed by atoms with Crippen molar-refractivity contribution in [2.24, 2.45) is 0 Å². The van der Waals surface area contributed by atoms with Crippen LogP contribution in [-0.4, -0.2) is 31.0 Å². The van der Waals surface area contributed by atoms with Crippen LogP contribution < -0.4 is 4.74 Å². The standard InChI is InChI=1S/C24H28N2O2/c1-17-18(2)24(28-16-26(3)23-6-4-5-7-23)22(15-27)13-21(17)12-19-8-10-20(14-25)11-9-19/h8-11,13,15,23H,4-7,12,16H2,1-3H3. The summed E-state index contributed by atoms with van der Waals surface area (Å²) in [6.45, 7) is 4.60. The average molecular weight is 377 g/mol. The van der Waals surface area contributed by atoms with E-state index in [9.17, 15) is 4.79 Å².